The van der Waals surface area contributed by atoms with Gasteiger partial charge in [0.25, 0.3) is 0 Å². The Balaban J connectivity index is 1.22. The number of ether oxygens (including phenoxy) is 1. The number of hydrazone groups is 1. The summed E-state index contributed by atoms with van der Waals surface area (Å²) in [5.41, 5.74) is 2.08. The SMILES string of the molecule is Cc1nc2ccc(N3CCC(Oc4ccc(N5N=C(C(F)(F)F)[C@@H](C)[C@@H]5CC(=O)O)cc4)CC3)cc2o1. The predicted molar refractivity (Wildman–Crippen MR) is 132 cm³/mol. The quantitative estimate of drug-likeness (QED) is 0.469. The molecule has 5 rings (SSSR count). The largest absolute Gasteiger partial charge is 0.490 e. The van der Waals surface area contributed by atoms with Crippen LogP contribution in [0.5, 0.6) is 5.75 Å². The highest BCUT2D eigenvalue weighted by molar-refractivity contribution is 5.96. The van der Waals surface area contributed by atoms with Gasteiger partial charge in [-0.05, 0) is 36.4 Å². The van der Waals surface area contributed by atoms with Crippen molar-refractivity contribution in [1.29, 1.82) is 0 Å². The molecule has 0 aliphatic carbocycles. The van der Waals surface area contributed by atoms with E-state index in [0.29, 0.717) is 17.3 Å². The van der Waals surface area contributed by atoms with Crippen LogP contribution in [0.15, 0.2) is 52.0 Å². The number of alkyl halides is 3. The minimum absolute atomic E-state index is 0.000208. The first-order valence-corrected chi connectivity index (χ1v) is 12.1. The first-order chi connectivity index (χ1) is 17.6. The zero-order valence-electron chi connectivity index (χ0n) is 20.4. The smallest absolute Gasteiger partial charge is 0.431 e. The van der Waals surface area contributed by atoms with Crippen LogP contribution in [0.4, 0.5) is 24.5 Å². The Kier molecular flexibility index (Phi) is 6.47. The molecule has 8 nitrogen and oxygen atoms in total. The number of benzene rings is 2. The van der Waals surface area contributed by atoms with Crippen molar-refractivity contribution in [2.24, 2.45) is 11.0 Å². The molecule has 1 aromatic heterocycles. The summed E-state index contributed by atoms with van der Waals surface area (Å²) in [7, 11) is 0. The third-order valence-corrected chi connectivity index (χ3v) is 6.90. The number of carbonyl (C=O) groups is 1. The van der Waals surface area contributed by atoms with Crippen LogP contribution in [0.1, 0.15) is 32.1 Å². The van der Waals surface area contributed by atoms with Crippen molar-refractivity contribution < 1.29 is 32.2 Å². The number of halogens is 3. The number of fused-ring (bicyclic) bond motifs is 1. The first-order valence-electron chi connectivity index (χ1n) is 12.1. The lowest BCUT2D eigenvalue weighted by Crippen LogP contribution is -2.38. The Bertz CT molecular complexity index is 1310. The summed E-state index contributed by atoms with van der Waals surface area (Å²) in [5, 5.41) is 14.1. The van der Waals surface area contributed by atoms with Gasteiger partial charge in [0, 0.05) is 50.5 Å². The van der Waals surface area contributed by atoms with Crippen molar-refractivity contribution in [2.75, 3.05) is 23.0 Å². The van der Waals surface area contributed by atoms with Crippen molar-refractivity contribution >= 4 is 34.2 Å². The van der Waals surface area contributed by atoms with Crippen molar-refractivity contribution in [2.45, 2.75) is 51.4 Å². The lowest BCUT2D eigenvalue weighted by molar-refractivity contribution is -0.137. The topological polar surface area (TPSA) is 91.4 Å². The maximum absolute atomic E-state index is 13.4. The van der Waals surface area contributed by atoms with Crippen LogP contribution in [-0.2, 0) is 4.79 Å². The Hall–Kier alpha value is -3.76. The molecule has 2 aliphatic heterocycles. The molecule has 0 amide bonds. The predicted octanol–water partition coefficient (Wildman–Crippen LogP) is 5.40. The average molecular weight is 517 g/mol. The molecule has 1 fully saturated rings. The minimum atomic E-state index is -4.62. The van der Waals surface area contributed by atoms with Gasteiger partial charge >= 0.3 is 12.1 Å². The van der Waals surface area contributed by atoms with E-state index in [9.17, 15) is 23.1 Å². The molecule has 3 aromatic rings. The molecule has 0 bridgehead atoms. The van der Waals surface area contributed by atoms with Crippen molar-refractivity contribution in [1.82, 2.24) is 4.98 Å². The molecule has 196 valence electrons. The second kappa shape index (κ2) is 9.60. The molecule has 1 N–H and O–H groups in total. The number of aromatic nitrogens is 1. The molecular weight excluding hydrogens is 489 g/mol. The van der Waals surface area contributed by atoms with Gasteiger partial charge in [-0.25, -0.2) is 4.98 Å². The third kappa shape index (κ3) is 5.21. The standard InChI is InChI=1S/C26H27F3N4O4/c1-15-22(14-24(34)35)33(31-25(15)26(27,28)29)17-3-6-19(7-4-17)37-20-9-11-32(12-10-20)18-5-8-21-23(13-18)36-16(2)30-21/h3-8,13,15,20,22H,9-12,14H2,1-2H3,(H,34,35)/t15-,22-/m0/s1. The van der Waals surface area contributed by atoms with Crippen LogP contribution < -0.4 is 14.6 Å². The Labute approximate surface area is 211 Å². The maximum Gasteiger partial charge on any atom is 0.431 e. The van der Waals surface area contributed by atoms with Crippen LogP contribution >= 0.6 is 0 Å². The summed E-state index contributed by atoms with van der Waals surface area (Å²) in [6.45, 7) is 4.79. The summed E-state index contributed by atoms with van der Waals surface area (Å²) in [5.74, 6) is -1.01. The number of hydrogen-bond donors (Lipinski definition) is 1. The highest BCUT2D eigenvalue weighted by Crippen LogP contribution is 2.37. The number of carboxylic acid groups (broad SMARTS) is 1. The van der Waals surface area contributed by atoms with Gasteiger partial charge in [0.15, 0.2) is 11.5 Å². The second-order valence-corrected chi connectivity index (χ2v) is 9.46. The molecular formula is C26H27F3N4O4. The fourth-order valence-electron chi connectivity index (χ4n) is 5.01. The zero-order valence-corrected chi connectivity index (χ0v) is 20.4. The summed E-state index contributed by atoms with van der Waals surface area (Å²) in [6.07, 6.45) is -3.47. The molecule has 2 aromatic carbocycles. The van der Waals surface area contributed by atoms with Gasteiger partial charge in [-0.15, -0.1) is 0 Å². The highest BCUT2D eigenvalue weighted by Gasteiger charge is 2.48. The van der Waals surface area contributed by atoms with Gasteiger partial charge in [0.05, 0.1) is 18.2 Å². The van der Waals surface area contributed by atoms with Crippen LogP contribution in [0.2, 0.25) is 0 Å². The van der Waals surface area contributed by atoms with E-state index in [1.54, 1.807) is 24.3 Å². The van der Waals surface area contributed by atoms with E-state index in [1.165, 1.54) is 6.92 Å². The number of aryl methyl sites for hydroxylation is 1. The molecule has 2 aliphatic rings. The monoisotopic (exact) mass is 516 g/mol. The maximum atomic E-state index is 13.4. The van der Waals surface area contributed by atoms with Gasteiger partial charge in [-0.2, -0.15) is 18.3 Å². The van der Waals surface area contributed by atoms with E-state index in [4.69, 9.17) is 9.15 Å². The molecule has 37 heavy (non-hydrogen) atoms. The highest BCUT2D eigenvalue weighted by atomic mass is 19.4. The lowest BCUT2D eigenvalue weighted by atomic mass is 9.94. The number of nitrogens with zero attached hydrogens (tertiary/aromatic N) is 4. The van der Waals surface area contributed by atoms with Crippen molar-refractivity contribution in [3.63, 3.8) is 0 Å². The fraction of sp³-hybridized carbons (Fsp3) is 0.423. The Morgan fingerprint density at radius 2 is 1.81 bits per heavy atom. The van der Waals surface area contributed by atoms with E-state index in [1.807, 2.05) is 25.1 Å². The number of oxazole rings is 1. The van der Waals surface area contributed by atoms with Gasteiger partial charge < -0.3 is 19.2 Å². The summed E-state index contributed by atoms with van der Waals surface area (Å²) < 4.78 is 52.0. The number of hydrogen-bond acceptors (Lipinski definition) is 7. The Morgan fingerprint density at radius 3 is 2.46 bits per heavy atom. The minimum Gasteiger partial charge on any atom is -0.490 e. The molecule has 3 heterocycles. The summed E-state index contributed by atoms with van der Waals surface area (Å²) in [4.78, 5) is 17.9. The summed E-state index contributed by atoms with van der Waals surface area (Å²) >= 11 is 0. The van der Waals surface area contributed by atoms with E-state index >= 15 is 0 Å². The zero-order chi connectivity index (χ0) is 26.3. The van der Waals surface area contributed by atoms with E-state index in [-0.39, 0.29) is 6.10 Å². The average Bonchev–Trinajstić information content (AvgIpc) is 3.38. The Morgan fingerprint density at radius 1 is 1.14 bits per heavy atom. The normalized spacial score (nSPS) is 20.9. The van der Waals surface area contributed by atoms with E-state index in [2.05, 4.69) is 15.0 Å². The lowest BCUT2D eigenvalue weighted by Gasteiger charge is -2.33. The number of anilines is 2. The molecule has 1 saturated heterocycles. The van der Waals surface area contributed by atoms with Gasteiger partial charge in [-0.3, -0.25) is 9.80 Å². The van der Waals surface area contributed by atoms with Gasteiger partial charge in [-0.1, -0.05) is 6.92 Å². The van der Waals surface area contributed by atoms with Gasteiger partial charge in [0.1, 0.15) is 23.1 Å². The number of rotatable bonds is 6. The van der Waals surface area contributed by atoms with Crippen LogP contribution in [0.3, 0.4) is 0 Å². The third-order valence-electron chi connectivity index (χ3n) is 6.90. The van der Waals surface area contributed by atoms with Crippen molar-refractivity contribution in [3.05, 3.63) is 48.4 Å². The molecule has 0 spiro atoms. The first kappa shape index (κ1) is 24.9. The molecule has 11 heteroatoms. The molecule has 0 unspecified atom stereocenters. The summed E-state index contributed by atoms with van der Waals surface area (Å²) in [6, 6.07) is 11.7. The fourth-order valence-corrected chi connectivity index (χ4v) is 5.01. The van der Waals surface area contributed by atoms with E-state index < -0.39 is 36.2 Å². The number of piperidine rings is 1. The second-order valence-electron chi connectivity index (χ2n) is 9.46. The number of carboxylic acids is 1. The molecule has 0 saturated carbocycles. The van der Waals surface area contributed by atoms with Gasteiger partial charge in [0.2, 0.25) is 0 Å². The van der Waals surface area contributed by atoms with E-state index in [0.717, 1.165) is 47.7 Å². The van der Waals surface area contributed by atoms with Crippen LogP contribution in [0.25, 0.3) is 11.1 Å². The molecule has 0 radical (unpaired) electrons. The van der Waals surface area contributed by atoms with Crippen molar-refractivity contribution in [3.8, 4) is 5.75 Å². The van der Waals surface area contributed by atoms with Crippen LogP contribution in [0, 0.1) is 12.8 Å². The number of aliphatic carboxylic acids is 1. The molecule has 2 atom stereocenters. The van der Waals surface area contributed by atoms with Crippen LogP contribution in [-0.4, -0.2) is 53.2 Å².